The van der Waals surface area contributed by atoms with E-state index in [0.717, 1.165) is 5.56 Å². The third-order valence-corrected chi connectivity index (χ3v) is 3.62. The Kier molecular flexibility index (Phi) is 5.35. The van der Waals surface area contributed by atoms with Crippen molar-refractivity contribution in [2.24, 2.45) is 0 Å². The molecule has 0 radical (unpaired) electrons. The Hall–Kier alpha value is -1.86. The second-order valence-corrected chi connectivity index (χ2v) is 5.54. The molecule has 7 heteroatoms. The van der Waals surface area contributed by atoms with Crippen molar-refractivity contribution >= 4 is 17.6 Å². The summed E-state index contributed by atoms with van der Waals surface area (Å²) in [5, 5.41) is 12.4. The Morgan fingerprint density at radius 2 is 2.14 bits per heavy atom. The van der Waals surface area contributed by atoms with E-state index in [4.69, 9.17) is 5.11 Å². The number of halogens is 1. The lowest BCUT2D eigenvalue weighted by Gasteiger charge is -2.11. The zero-order valence-electron chi connectivity index (χ0n) is 11.5. The normalized spacial score (nSPS) is 12.1. The molecular formula is C14H16FN3O2S. The molecule has 1 aromatic carbocycles. The second-order valence-electron chi connectivity index (χ2n) is 4.58. The number of thioether (sulfide) groups is 1. The molecule has 1 aromatic heterocycles. The molecule has 3 N–H and O–H groups in total. The summed E-state index contributed by atoms with van der Waals surface area (Å²) in [5.74, 6) is 0.712. The number of rotatable bonds is 6. The number of hydrogen-bond donors (Lipinski definition) is 3. The van der Waals surface area contributed by atoms with Gasteiger partial charge in [-0.25, -0.2) is 9.37 Å². The van der Waals surface area contributed by atoms with Crippen LogP contribution in [0.4, 0.5) is 10.2 Å². The first-order valence-electron chi connectivity index (χ1n) is 6.43. The second kappa shape index (κ2) is 7.24. The molecule has 21 heavy (non-hydrogen) atoms. The van der Waals surface area contributed by atoms with Gasteiger partial charge in [-0.05, 0) is 24.6 Å². The molecule has 0 amide bonds. The van der Waals surface area contributed by atoms with Crippen LogP contribution in [0.3, 0.4) is 0 Å². The fourth-order valence-electron chi connectivity index (χ4n) is 1.61. The van der Waals surface area contributed by atoms with Crippen molar-refractivity contribution in [1.29, 1.82) is 0 Å². The molecule has 5 nitrogen and oxygen atoms in total. The van der Waals surface area contributed by atoms with Gasteiger partial charge in [0.1, 0.15) is 11.6 Å². The van der Waals surface area contributed by atoms with Gasteiger partial charge in [0.15, 0.2) is 5.16 Å². The van der Waals surface area contributed by atoms with Crippen molar-refractivity contribution in [3.8, 4) is 0 Å². The summed E-state index contributed by atoms with van der Waals surface area (Å²) in [6, 6.07) is 7.33. The largest absolute Gasteiger partial charge is 0.394 e. The van der Waals surface area contributed by atoms with Crippen LogP contribution >= 0.6 is 11.8 Å². The third-order valence-electron chi connectivity index (χ3n) is 2.68. The maximum atomic E-state index is 12.8. The molecule has 1 heterocycles. The number of benzene rings is 1. The van der Waals surface area contributed by atoms with E-state index >= 15 is 0 Å². The van der Waals surface area contributed by atoms with Crippen molar-refractivity contribution in [1.82, 2.24) is 9.97 Å². The Balaban J connectivity index is 2.05. The zero-order chi connectivity index (χ0) is 15.2. The van der Waals surface area contributed by atoms with Gasteiger partial charge in [0.25, 0.3) is 5.56 Å². The molecule has 0 unspecified atom stereocenters. The van der Waals surface area contributed by atoms with Gasteiger partial charge in [0, 0.05) is 17.9 Å². The van der Waals surface area contributed by atoms with E-state index in [2.05, 4.69) is 15.3 Å². The molecule has 0 aliphatic heterocycles. The van der Waals surface area contributed by atoms with Crippen molar-refractivity contribution in [2.45, 2.75) is 23.9 Å². The molecular weight excluding hydrogens is 293 g/mol. The topological polar surface area (TPSA) is 78.0 Å². The Morgan fingerprint density at radius 1 is 1.43 bits per heavy atom. The zero-order valence-corrected chi connectivity index (χ0v) is 12.3. The van der Waals surface area contributed by atoms with Crippen LogP contribution in [0.1, 0.15) is 12.5 Å². The van der Waals surface area contributed by atoms with E-state index < -0.39 is 0 Å². The number of aliphatic hydroxyl groups is 1. The van der Waals surface area contributed by atoms with Gasteiger partial charge in [-0.15, -0.1) is 0 Å². The molecule has 112 valence electrons. The van der Waals surface area contributed by atoms with Gasteiger partial charge in [0.05, 0.1) is 6.61 Å². The van der Waals surface area contributed by atoms with Gasteiger partial charge in [-0.3, -0.25) is 4.79 Å². The lowest BCUT2D eigenvalue weighted by Crippen LogP contribution is -2.22. The number of anilines is 1. The van der Waals surface area contributed by atoms with Crippen molar-refractivity contribution in [3.63, 3.8) is 0 Å². The highest BCUT2D eigenvalue weighted by molar-refractivity contribution is 7.98. The van der Waals surface area contributed by atoms with Crippen LogP contribution < -0.4 is 10.9 Å². The van der Waals surface area contributed by atoms with Crippen LogP contribution in [0, 0.1) is 5.82 Å². The Labute approximate surface area is 125 Å². The van der Waals surface area contributed by atoms with E-state index in [1.54, 1.807) is 19.1 Å². The number of aliphatic hydroxyl groups excluding tert-OH is 1. The number of aromatic amines is 1. The van der Waals surface area contributed by atoms with E-state index in [-0.39, 0.29) is 24.0 Å². The molecule has 0 aliphatic rings. The predicted molar refractivity (Wildman–Crippen MR) is 81.0 cm³/mol. The molecule has 0 fully saturated rings. The van der Waals surface area contributed by atoms with Gasteiger partial charge in [-0.1, -0.05) is 23.9 Å². The van der Waals surface area contributed by atoms with E-state index in [1.165, 1.54) is 30.0 Å². The SMILES string of the molecule is C[C@H](CO)Nc1cc(=O)[nH]c(SCc2ccc(F)cc2)n1. The summed E-state index contributed by atoms with van der Waals surface area (Å²) in [6.45, 7) is 1.74. The highest BCUT2D eigenvalue weighted by atomic mass is 32.2. The number of hydrogen-bond acceptors (Lipinski definition) is 5. The average molecular weight is 309 g/mol. The maximum absolute atomic E-state index is 12.8. The number of nitrogens with one attached hydrogen (secondary N) is 2. The highest BCUT2D eigenvalue weighted by Gasteiger charge is 2.05. The number of aromatic nitrogens is 2. The molecule has 1 atom stereocenters. The number of nitrogens with zero attached hydrogens (tertiary/aromatic N) is 1. The Morgan fingerprint density at radius 3 is 2.81 bits per heavy atom. The van der Waals surface area contributed by atoms with Crippen LogP contribution in [0.15, 0.2) is 40.3 Å². The van der Waals surface area contributed by atoms with Crippen LogP contribution in [-0.2, 0) is 5.75 Å². The summed E-state index contributed by atoms with van der Waals surface area (Å²) < 4.78 is 12.8. The van der Waals surface area contributed by atoms with Crippen molar-refractivity contribution in [3.05, 3.63) is 52.1 Å². The lowest BCUT2D eigenvalue weighted by molar-refractivity contribution is 0.281. The summed E-state index contributed by atoms with van der Waals surface area (Å²) in [5.41, 5.74) is 0.672. The van der Waals surface area contributed by atoms with E-state index in [1.807, 2.05) is 0 Å². The minimum Gasteiger partial charge on any atom is -0.394 e. The third kappa shape index (κ3) is 4.87. The standard InChI is InChI=1S/C14H16FN3O2S/c1-9(7-19)16-12-6-13(20)18-14(17-12)21-8-10-2-4-11(15)5-3-10/h2-6,9,19H,7-8H2,1H3,(H2,16,17,18,20)/t9-/m1/s1. The fourth-order valence-corrected chi connectivity index (χ4v) is 2.44. The quantitative estimate of drug-likeness (QED) is 0.562. The summed E-state index contributed by atoms with van der Waals surface area (Å²) >= 11 is 1.35. The number of H-pyrrole nitrogens is 1. The predicted octanol–water partition coefficient (Wildman–Crippen LogP) is 1.99. The fraction of sp³-hybridized carbons (Fsp3) is 0.286. The monoisotopic (exact) mass is 309 g/mol. The van der Waals surface area contributed by atoms with Crippen LogP contribution in [0.2, 0.25) is 0 Å². The van der Waals surface area contributed by atoms with Gasteiger partial charge in [0.2, 0.25) is 0 Å². The van der Waals surface area contributed by atoms with Crippen molar-refractivity contribution in [2.75, 3.05) is 11.9 Å². The van der Waals surface area contributed by atoms with Crippen LogP contribution in [0.5, 0.6) is 0 Å². The maximum Gasteiger partial charge on any atom is 0.253 e. The summed E-state index contributed by atoms with van der Waals surface area (Å²) in [7, 11) is 0. The first kappa shape index (κ1) is 15.5. The smallest absolute Gasteiger partial charge is 0.253 e. The highest BCUT2D eigenvalue weighted by Crippen LogP contribution is 2.19. The molecule has 0 saturated heterocycles. The summed E-state index contributed by atoms with van der Waals surface area (Å²) in [4.78, 5) is 18.5. The Bertz CT molecular complexity index is 645. The molecule has 2 rings (SSSR count). The molecule has 0 spiro atoms. The molecule has 2 aromatic rings. The molecule has 0 saturated carbocycles. The minimum absolute atomic E-state index is 0.0491. The van der Waals surface area contributed by atoms with Gasteiger partial charge in [-0.2, -0.15) is 0 Å². The summed E-state index contributed by atoms with van der Waals surface area (Å²) in [6.07, 6.45) is 0. The van der Waals surface area contributed by atoms with E-state index in [9.17, 15) is 9.18 Å². The first-order chi connectivity index (χ1) is 10.1. The van der Waals surface area contributed by atoms with Crippen LogP contribution in [-0.4, -0.2) is 27.7 Å². The van der Waals surface area contributed by atoms with Crippen molar-refractivity contribution < 1.29 is 9.50 Å². The average Bonchev–Trinajstić information content (AvgIpc) is 2.46. The van der Waals surface area contributed by atoms with E-state index in [0.29, 0.717) is 16.7 Å². The van der Waals surface area contributed by atoms with Gasteiger partial charge >= 0.3 is 0 Å². The minimum atomic E-state index is -0.278. The van der Waals surface area contributed by atoms with Gasteiger partial charge < -0.3 is 15.4 Å². The van der Waals surface area contributed by atoms with Crippen LogP contribution in [0.25, 0.3) is 0 Å². The molecule has 0 aliphatic carbocycles. The molecule has 0 bridgehead atoms. The lowest BCUT2D eigenvalue weighted by atomic mass is 10.2. The first-order valence-corrected chi connectivity index (χ1v) is 7.41.